The van der Waals surface area contributed by atoms with Crippen molar-refractivity contribution >= 4 is 52.9 Å². The minimum atomic E-state index is -0.688. The lowest BCUT2D eigenvalue weighted by molar-refractivity contribution is -0.134. The van der Waals surface area contributed by atoms with Gasteiger partial charge in [-0.25, -0.2) is 4.79 Å². The summed E-state index contributed by atoms with van der Waals surface area (Å²) >= 11 is 13.7. The van der Waals surface area contributed by atoms with E-state index in [0.717, 1.165) is 5.75 Å². The molecule has 10 heteroatoms. The number of halogens is 2. The van der Waals surface area contributed by atoms with E-state index in [1.807, 2.05) is 0 Å². The van der Waals surface area contributed by atoms with Crippen LogP contribution in [-0.2, 0) is 9.53 Å². The van der Waals surface area contributed by atoms with Crippen LogP contribution in [0.3, 0.4) is 0 Å². The molecule has 0 unspecified atom stereocenters. The van der Waals surface area contributed by atoms with E-state index in [9.17, 15) is 14.4 Å². The van der Waals surface area contributed by atoms with Crippen LogP contribution in [0, 0.1) is 0 Å². The molecule has 2 atom stereocenters. The summed E-state index contributed by atoms with van der Waals surface area (Å²) in [6.45, 7) is 6.16. The molecule has 2 aliphatic heterocycles. The van der Waals surface area contributed by atoms with Gasteiger partial charge in [0.1, 0.15) is 11.6 Å². The maximum Gasteiger partial charge on any atom is 0.411 e. The Morgan fingerprint density at radius 2 is 1.97 bits per heavy atom. The van der Waals surface area contributed by atoms with Crippen LogP contribution in [0.5, 0.6) is 0 Å². The summed E-state index contributed by atoms with van der Waals surface area (Å²) in [6.07, 6.45) is -0.245. The van der Waals surface area contributed by atoms with Crippen molar-refractivity contribution in [3.8, 4) is 0 Å². The van der Waals surface area contributed by atoms with Crippen LogP contribution in [0.15, 0.2) is 18.2 Å². The maximum absolute atomic E-state index is 13.0. The van der Waals surface area contributed by atoms with Crippen molar-refractivity contribution in [1.82, 2.24) is 15.1 Å². The third kappa shape index (κ3) is 5.53. The zero-order valence-corrected chi connectivity index (χ0v) is 19.4. The Morgan fingerprint density at radius 1 is 1.23 bits per heavy atom. The summed E-state index contributed by atoms with van der Waals surface area (Å²) in [5, 5.41) is 3.56. The monoisotopic (exact) mass is 473 g/mol. The molecule has 1 aromatic carbocycles. The molecule has 2 fully saturated rings. The number of benzene rings is 1. The molecule has 0 aliphatic carbocycles. The van der Waals surface area contributed by atoms with Crippen LogP contribution in [0.4, 0.5) is 4.79 Å². The summed E-state index contributed by atoms with van der Waals surface area (Å²) in [5.41, 5.74) is -0.401. The molecule has 2 aliphatic rings. The average Bonchev–Trinajstić information content (AvgIpc) is 3.29. The Bertz CT molecular complexity index is 840. The van der Waals surface area contributed by atoms with Crippen molar-refractivity contribution in [3.05, 3.63) is 33.8 Å². The second-order valence-corrected chi connectivity index (χ2v) is 10.2. The number of likely N-dealkylation sites (tertiary alicyclic amines) is 1. The third-order valence-electron chi connectivity index (χ3n) is 4.79. The van der Waals surface area contributed by atoms with Crippen LogP contribution >= 0.6 is 35.0 Å². The highest BCUT2D eigenvalue weighted by atomic mass is 35.5. The van der Waals surface area contributed by atoms with E-state index in [-0.39, 0.29) is 28.9 Å². The van der Waals surface area contributed by atoms with Crippen LogP contribution < -0.4 is 5.32 Å². The standard InChI is InChI=1S/C20H25Cl2N3O4S/c1-20(2,3)29-19(28)25-10-13(9-16(25)18(27)24-6-7-30-11-24)23-17(26)14-5-4-12(21)8-15(14)22/h4-5,8,13,16H,6-7,9-11H2,1-3H3,(H,23,26)/t13-,16-/m0/s1. The van der Waals surface area contributed by atoms with Crippen LogP contribution in [0.1, 0.15) is 37.6 Å². The average molecular weight is 474 g/mol. The fourth-order valence-corrected chi connectivity index (χ4v) is 4.88. The number of nitrogens with zero attached hydrogens (tertiary/aromatic N) is 2. The highest BCUT2D eigenvalue weighted by Crippen LogP contribution is 2.26. The quantitative estimate of drug-likeness (QED) is 0.724. The Kier molecular flexibility index (Phi) is 7.09. The zero-order chi connectivity index (χ0) is 22.1. The Balaban J connectivity index is 1.75. The first-order valence-electron chi connectivity index (χ1n) is 9.67. The molecule has 0 saturated carbocycles. The predicted octanol–water partition coefficient (Wildman–Crippen LogP) is 3.63. The molecule has 2 saturated heterocycles. The molecule has 2 heterocycles. The van der Waals surface area contributed by atoms with E-state index >= 15 is 0 Å². The second kappa shape index (κ2) is 9.24. The van der Waals surface area contributed by atoms with Crippen LogP contribution in [0.2, 0.25) is 10.0 Å². The Morgan fingerprint density at radius 3 is 2.57 bits per heavy atom. The van der Waals surface area contributed by atoms with E-state index < -0.39 is 23.8 Å². The summed E-state index contributed by atoms with van der Waals surface area (Å²) in [7, 11) is 0. The summed E-state index contributed by atoms with van der Waals surface area (Å²) < 4.78 is 5.50. The highest BCUT2D eigenvalue weighted by molar-refractivity contribution is 7.99. The number of nitrogens with one attached hydrogen (secondary N) is 1. The number of thioether (sulfide) groups is 1. The molecule has 3 rings (SSSR count). The SMILES string of the molecule is CC(C)(C)OC(=O)N1C[C@@H](NC(=O)c2ccc(Cl)cc2Cl)C[C@H]1C(=O)N1CCSC1. The van der Waals surface area contributed by atoms with E-state index in [4.69, 9.17) is 27.9 Å². The van der Waals surface area contributed by atoms with Crippen LogP contribution in [-0.4, -0.2) is 70.1 Å². The summed E-state index contributed by atoms with van der Waals surface area (Å²) in [4.78, 5) is 41.7. The number of carbonyl (C=O) groups is 3. The molecular formula is C20H25Cl2N3O4S. The van der Waals surface area contributed by atoms with E-state index in [1.54, 1.807) is 49.6 Å². The van der Waals surface area contributed by atoms with Gasteiger partial charge in [0.05, 0.1) is 16.5 Å². The minimum absolute atomic E-state index is 0.118. The number of hydrogen-bond acceptors (Lipinski definition) is 5. The fourth-order valence-electron chi connectivity index (χ4n) is 3.43. The molecule has 0 bridgehead atoms. The molecular weight excluding hydrogens is 449 g/mol. The zero-order valence-electron chi connectivity index (χ0n) is 17.1. The molecule has 3 amide bonds. The molecule has 164 valence electrons. The van der Waals surface area contributed by atoms with Gasteiger partial charge in [-0.2, -0.15) is 0 Å². The molecule has 1 N–H and O–H groups in total. The van der Waals surface area contributed by atoms with Crippen molar-refractivity contribution in [3.63, 3.8) is 0 Å². The molecule has 30 heavy (non-hydrogen) atoms. The van der Waals surface area contributed by atoms with E-state index in [2.05, 4.69) is 5.32 Å². The van der Waals surface area contributed by atoms with Gasteiger partial charge < -0.3 is 15.0 Å². The number of hydrogen-bond donors (Lipinski definition) is 1. The van der Waals surface area contributed by atoms with Gasteiger partial charge in [-0.3, -0.25) is 14.5 Å². The fraction of sp³-hybridized carbons (Fsp3) is 0.550. The Labute approximate surface area is 190 Å². The smallest absolute Gasteiger partial charge is 0.411 e. The number of carbonyl (C=O) groups excluding carboxylic acids is 3. The van der Waals surface area contributed by atoms with Gasteiger partial charge in [-0.05, 0) is 45.4 Å². The van der Waals surface area contributed by atoms with Crippen molar-refractivity contribution < 1.29 is 19.1 Å². The van der Waals surface area contributed by atoms with Gasteiger partial charge in [0, 0.05) is 29.9 Å². The maximum atomic E-state index is 13.0. The number of ether oxygens (including phenoxy) is 1. The van der Waals surface area contributed by atoms with Crippen molar-refractivity contribution in [2.75, 3.05) is 24.7 Å². The lowest BCUT2D eigenvalue weighted by Crippen LogP contribution is -2.48. The largest absolute Gasteiger partial charge is 0.444 e. The lowest BCUT2D eigenvalue weighted by atomic mass is 10.1. The van der Waals surface area contributed by atoms with Crippen molar-refractivity contribution in [1.29, 1.82) is 0 Å². The van der Waals surface area contributed by atoms with Gasteiger partial charge in [0.15, 0.2) is 0 Å². The topological polar surface area (TPSA) is 79.0 Å². The number of rotatable bonds is 3. The first-order chi connectivity index (χ1) is 14.0. The minimum Gasteiger partial charge on any atom is -0.444 e. The molecule has 7 nitrogen and oxygen atoms in total. The first kappa shape index (κ1) is 23.0. The van der Waals surface area contributed by atoms with Gasteiger partial charge >= 0.3 is 6.09 Å². The summed E-state index contributed by atoms with van der Waals surface area (Å²) in [6, 6.07) is 3.55. The molecule has 1 aromatic rings. The second-order valence-electron chi connectivity index (χ2n) is 8.32. The lowest BCUT2D eigenvalue weighted by Gasteiger charge is -2.29. The van der Waals surface area contributed by atoms with Crippen molar-refractivity contribution in [2.45, 2.75) is 44.9 Å². The first-order valence-corrected chi connectivity index (χ1v) is 11.6. The third-order valence-corrected chi connectivity index (χ3v) is 6.30. The van der Waals surface area contributed by atoms with Gasteiger partial charge in [-0.1, -0.05) is 23.2 Å². The molecule has 0 spiro atoms. The Hall–Kier alpha value is -1.64. The number of amides is 3. The van der Waals surface area contributed by atoms with Crippen molar-refractivity contribution in [2.24, 2.45) is 0 Å². The predicted molar refractivity (Wildman–Crippen MR) is 118 cm³/mol. The highest BCUT2D eigenvalue weighted by Gasteiger charge is 2.44. The molecule has 0 radical (unpaired) electrons. The van der Waals surface area contributed by atoms with Gasteiger partial charge in [-0.15, -0.1) is 11.8 Å². The normalized spacial score (nSPS) is 21.6. The van der Waals surface area contributed by atoms with E-state index in [0.29, 0.717) is 23.9 Å². The summed E-state index contributed by atoms with van der Waals surface area (Å²) in [5.74, 6) is 0.984. The van der Waals surface area contributed by atoms with E-state index in [1.165, 1.54) is 11.0 Å². The van der Waals surface area contributed by atoms with Gasteiger partial charge in [0.2, 0.25) is 5.91 Å². The molecule has 0 aromatic heterocycles. The van der Waals surface area contributed by atoms with Gasteiger partial charge in [0.25, 0.3) is 5.91 Å². The van der Waals surface area contributed by atoms with Crippen LogP contribution in [0.25, 0.3) is 0 Å².